The number of aryl methyl sites for hydroxylation is 1. The molecule has 1 aromatic carbocycles. The van der Waals surface area contributed by atoms with Crippen molar-refractivity contribution in [3.8, 4) is 22.4 Å². The van der Waals surface area contributed by atoms with E-state index in [9.17, 15) is 9.90 Å². The number of hydrogen-bond acceptors (Lipinski definition) is 4. The maximum absolute atomic E-state index is 11.2. The molecule has 3 aromatic heterocycles. The fourth-order valence-electron chi connectivity index (χ4n) is 3.29. The third-order valence-corrected chi connectivity index (χ3v) is 4.51. The van der Waals surface area contributed by atoms with E-state index in [-0.39, 0.29) is 0 Å². The Morgan fingerprint density at radius 1 is 1.11 bits per heavy atom. The highest BCUT2D eigenvalue weighted by molar-refractivity contribution is 6.02. The van der Waals surface area contributed by atoms with Gasteiger partial charge in [0, 0.05) is 52.7 Å². The molecule has 0 unspecified atom stereocenters. The molecule has 0 aliphatic heterocycles. The van der Waals surface area contributed by atoms with Crippen LogP contribution < -0.4 is 0 Å². The van der Waals surface area contributed by atoms with E-state index >= 15 is 0 Å². The quantitative estimate of drug-likeness (QED) is 0.530. The zero-order chi connectivity index (χ0) is 19.5. The van der Waals surface area contributed by atoms with E-state index in [1.165, 1.54) is 0 Å². The summed E-state index contributed by atoms with van der Waals surface area (Å²) in [7, 11) is 0. The van der Waals surface area contributed by atoms with Crippen molar-refractivity contribution in [1.82, 2.24) is 19.7 Å². The van der Waals surface area contributed by atoms with Gasteiger partial charge < -0.3 is 5.11 Å². The van der Waals surface area contributed by atoms with Gasteiger partial charge in [0.25, 0.3) is 0 Å². The van der Waals surface area contributed by atoms with Crippen LogP contribution in [0.3, 0.4) is 0 Å². The Bertz CT molecular complexity index is 1170. The minimum absolute atomic E-state index is 0.682. The monoisotopic (exact) mass is 370 g/mol. The summed E-state index contributed by atoms with van der Waals surface area (Å²) in [6.07, 6.45) is 8.00. The van der Waals surface area contributed by atoms with Crippen LogP contribution in [0.15, 0.2) is 67.1 Å². The van der Waals surface area contributed by atoms with E-state index in [1.807, 2.05) is 54.1 Å². The summed E-state index contributed by atoms with van der Waals surface area (Å²) in [5.41, 5.74) is 4.85. The third-order valence-electron chi connectivity index (χ3n) is 4.51. The number of carbonyl (C=O) groups is 1. The third kappa shape index (κ3) is 3.16. The largest absolute Gasteiger partial charge is 0.478 e. The molecule has 28 heavy (non-hydrogen) atoms. The molecule has 0 saturated carbocycles. The standard InChI is InChI=1S/C22H18N4O2/c1-2-26-22-18(14-24-26)20(16-9-6-12-23-13-16)17(10-11-19(27)28)21(25-22)15-7-4-3-5-8-15/h3-14H,2H2,1H3,(H,27,28)/b11-10+. The number of rotatable bonds is 5. The van der Waals surface area contributed by atoms with Gasteiger partial charge in [-0.15, -0.1) is 0 Å². The molecule has 0 fully saturated rings. The molecular formula is C22H18N4O2. The summed E-state index contributed by atoms with van der Waals surface area (Å²) in [5.74, 6) is -1.01. The molecule has 1 N–H and O–H groups in total. The summed E-state index contributed by atoms with van der Waals surface area (Å²) >= 11 is 0. The molecule has 6 nitrogen and oxygen atoms in total. The second-order valence-electron chi connectivity index (χ2n) is 6.23. The van der Waals surface area contributed by atoms with Gasteiger partial charge in [0.2, 0.25) is 0 Å². The lowest BCUT2D eigenvalue weighted by atomic mass is 9.94. The van der Waals surface area contributed by atoms with Crippen LogP contribution in [-0.4, -0.2) is 30.8 Å². The van der Waals surface area contributed by atoms with Crippen LogP contribution >= 0.6 is 0 Å². The molecule has 3 heterocycles. The molecule has 4 aromatic rings. The molecule has 0 atom stereocenters. The minimum Gasteiger partial charge on any atom is -0.478 e. The summed E-state index contributed by atoms with van der Waals surface area (Å²) in [6.45, 7) is 2.69. The predicted octanol–water partition coefficient (Wildman–Crippen LogP) is 4.28. The lowest BCUT2D eigenvalue weighted by Gasteiger charge is -2.14. The van der Waals surface area contributed by atoms with E-state index in [0.717, 1.165) is 39.4 Å². The predicted molar refractivity (Wildman–Crippen MR) is 109 cm³/mol. The number of nitrogens with zero attached hydrogens (tertiary/aromatic N) is 4. The maximum atomic E-state index is 11.2. The molecular weight excluding hydrogens is 352 g/mol. The van der Waals surface area contributed by atoms with Crippen molar-refractivity contribution in [3.63, 3.8) is 0 Å². The number of hydrogen-bond donors (Lipinski definition) is 1. The first-order valence-corrected chi connectivity index (χ1v) is 8.95. The van der Waals surface area contributed by atoms with Crippen molar-refractivity contribution in [2.75, 3.05) is 0 Å². The van der Waals surface area contributed by atoms with Gasteiger partial charge in [-0.1, -0.05) is 36.4 Å². The number of fused-ring (bicyclic) bond motifs is 1. The van der Waals surface area contributed by atoms with Gasteiger partial charge >= 0.3 is 5.97 Å². The Morgan fingerprint density at radius 3 is 2.57 bits per heavy atom. The van der Waals surface area contributed by atoms with Gasteiger partial charge in [-0.3, -0.25) is 4.98 Å². The lowest BCUT2D eigenvalue weighted by molar-refractivity contribution is -0.131. The molecule has 6 heteroatoms. The van der Waals surface area contributed by atoms with Gasteiger partial charge in [-0.25, -0.2) is 14.5 Å². The zero-order valence-corrected chi connectivity index (χ0v) is 15.3. The number of carboxylic acid groups (broad SMARTS) is 1. The number of aliphatic carboxylic acids is 1. The second kappa shape index (κ2) is 7.44. The Hall–Kier alpha value is -3.80. The minimum atomic E-state index is -1.01. The topological polar surface area (TPSA) is 80.9 Å². The van der Waals surface area contributed by atoms with Crippen LogP contribution in [0.2, 0.25) is 0 Å². The highest BCUT2D eigenvalue weighted by Crippen LogP contribution is 2.37. The first-order chi connectivity index (χ1) is 13.7. The molecule has 0 aliphatic rings. The molecule has 0 aliphatic carbocycles. The van der Waals surface area contributed by atoms with E-state index in [4.69, 9.17) is 4.98 Å². The molecule has 138 valence electrons. The van der Waals surface area contributed by atoms with Crippen LogP contribution in [-0.2, 0) is 11.3 Å². The van der Waals surface area contributed by atoms with Crippen molar-refractivity contribution in [3.05, 3.63) is 72.7 Å². The first-order valence-electron chi connectivity index (χ1n) is 8.95. The van der Waals surface area contributed by atoms with E-state index in [0.29, 0.717) is 12.2 Å². The number of carboxylic acids is 1. The molecule has 0 radical (unpaired) electrons. The first kappa shape index (κ1) is 17.6. The molecule has 0 bridgehead atoms. The zero-order valence-electron chi connectivity index (χ0n) is 15.3. The molecule has 4 rings (SSSR count). The lowest BCUT2D eigenvalue weighted by Crippen LogP contribution is -2.01. The maximum Gasteiger partial charge on any atom is 0.328 e. The fourth-order valence-corrected chi connectivity index (χ4v) is 3.29. The smallest absolute Gasteiger partial charge is 0.328 e. The van der Waals surface area contributed by atoms with Gasteiger partial charge in [-0.2, -0.15) is 5.10 Å². The van der Waals surface area contributed by atoms with Crippen molar-refractivity contribution in [2.24, 2.45) is 0 Å². The Balaban J connectivity index is 2.14. The average molecular weight is 370 g/mol. The van der Waals surface area contributed by atoms with Gasteiger partial charge in [-0.05, 0) is 19.1 Å². The van der Waals surface area contributed by atoms with Crippen LogP contribution in [0.5, 0.6) is 0 Å². The number of pyridine rings is 2. The summed E-state index contributed by atoms with van der Waals surface area (Å²) in [4.78, 5) is 20.4. The average Bonchev–Trinajstić information content (AvgIpc) is 3.15. The van der Waals surface area contributed by atoms with E-state index < -0.39 is 5.97 Å². The van der Waals surface area contributed by atoms with E-state index in [2.05, 4.69) is 10.1 Å². The summed E-state index contributed by atoms with van der Waals surface area (Å²) in [5, 5.41) is 14.5. The van der Waals surface area contributed by atoms with Gasteiger partial charge in [0.05, 0.1) is 11.9 Å². The Labute approximate surface area is 161 Å². The van der Waals surface area contributed by atoms with Crippen molar-refractivity contribution >= 4 is 23.1 Å². The summed E-state index contributed by atoms with van der Waals surface area (Å²) < 4.78 is 1.84. The molecule has 0 saturated heterocycles. The van der Waals surface area contributed by atoms with Crippen molar-refractivity contribution in [2.45, 2.75) is 13.5 Å². The van der Waals surface area contributed by atoms with Crippen LogP contribution in [0.4, 0.5) is 0 Å². The fraction of sp³-hybridized carbons (Fsp3) is 0.0909. The number of benzene rings is 1. The Morgan fingerprint density at radius 2 is 1.89 bits per heavy atom. The molecule has 0 spiro atoms. The molecule has 0 amide bonds. The second-order valence-corrected chi connectivity index (χ2v) is 6.23. The van der Waals surface area contributed by atoms with Crippen LogP contribution in [0, 0.1) is 0 Å². The van der Waals surface area contributed by atoms with Gasteiger partial charge in [0.1, 0.15) is 0 Å². The highest BCUT2D eigenvalue weighted by atomic mass is 16.4. The Kier molecular flexibility index (Phi) is 4.68. The van der Waals surface area contributed by atoms with Crippen molar-refractivity contribution < 1.29 is 9.90 Å². The van der Waals surface area contributed by atoms with Crippen molar-refractivity contribution in [1.29, 1.82) is 0 Å². The van der Waals surface area contributed by atoms with Gasteiger partial charge in [0.15, 0.2) is 5.65 Å². The van der Waals surface area contributed by atoms with E-state index in [1.54, 1.807) is 24.7 Å². The highest BCUT2D eigenvalue weighted by Gasteiger charge is 2.19. The SMILES string of the molecule is CCn1ncc2c(-c3cccnc3)c(/C=C/C(=O)O)c(-c3ccccc3)nc21. The summed E-state index contributed by atoms with van der Waals surface area (Å²) in [6, 6.07) is 13.6. The van der Waals surface area contributed by atoms with Crippen LogP contribution in [0.25, 0.3) is 39.5 Å². The normalized spacial score (nSPS) is 11.3. The van der Waals surface area contributed by atoms with Crippen LogP contribution in [0.1, 0.15) is 12.5 Å². The number of aromatic nitrogens is 4.